The van der Waals surface area contributed by atoms with Crippen molar-refractivity contribution in [2.45, 2.75) is 37.9 Å². The molecule has 7 nitrogen and oxygen atoms in total. The van der Waals surface area contributed by atoms with E-state index in [-0.39, 0.29) is 23.4 Å². The van der Waals surface area contributed by atoms with Gasteiger partial charge in [0.1, 0.15) is 12.1 Å². The van der Waals surface area contributed by atoms with Gasteiger partial charge in [-0.3, -0.25) is 0 Å². The van der Waals surface area contributed by atoms with Crippen molar-refractivity contribution in [2.75, 3.05) is 26.2 Å². The van der Waals surface area contributed by atoms with Crippen LogP contribution in [0.2, 0.25) is 0 Å². The van der Waals surface area contributed by atoms with Gasteiger partial charge in [0, 0.05) is 31.6 Å². The SMILES string of the molecule is O=C(N1CCC(n2cnnn2)C1)N1CC2(CC(Cc3ccc(C(F)(F)F)cc3F)C2)C1. The van der Waals surface area contributed by atoms with Gasteiger partial charge < -0.3 is 9.80 Å². The number of nitrogens with zero attached hydrogens (tertiary/aromatic N) is 6. The highest BCUT2D eigenvalue weighted by Crippen LogP contribution is 2.53. The van der Waals surface area contributed by atoms with E-state index in [2.05, 4.69) is 15.5 Å². The molecule has 3 heterocycles. The van der Waals surface area contributed by atoms with E-state index in [1.807, 2.05) is 9.80 Å². The van der Waals surface area contributed by atoms with E-state index < -0.39 is 17.6 Å². The second kappa shape index (κ2) is 7.16. The molecule has 11 heteroatoms. The Bertz CT molecular complexity index is 965. The molecule has 1 aromatic heterocycles. The first-order chi connectivity index (χ1) is 14.7. The number of carbonyl (C=O) groups is 1. The molecule has 0 radical (unpaired) electrons. The quantitative estimate of drug-likeness (QED) is 0.691. The summed E-state index contributed by atoms with van der Waals surface area (Å²) in [5, 5.41) is 11.2. The molecule has 1 aliphatic carbocycles. The Balaban J connectivity index is 1.10. The van der Waals surface area contributed by atoms with Gasteiger partial charge in [-0.1, -0.05) is 6.07 Å². The molecule has 1 saturated carbocycles. The van der Waals surface area contributed by atoms with Crippen molar-refractivity contribution in [3.8, 4) is 0 Å². The monoisotopic (exact) mass is 438 g/mol. The van der Waals surface area contributed by atoms with Crippen molar-refractivity contribution in [1.29, 1.82) is 0 Å². The maximum Gasteiger partial charge on any atom is 0.416 e. The van der Waals surface area contributed by atoms with Gasteiger partial charge in [-0.15, -0.1) is 5.10 Å². The number of rotatable bonds is 3. The van der Waals surface area contributed by atoms with Crippen molar-refractivity contribution in [1.82, 2.24) is 30.0 Å². The van der Waals surface area contributed by atoms with E-state index in [1.165, 1.54) is 6.07 Å². The molecule has 2 saturated heterocycles. The van der Waals surface area contributed by atoms with Crippen LogP contribution < -0.4 is 0 Å². The number of hydrogen-bond acceptors (Lipinski definition) is 4. The molecule has 1 unspecified atom stereocenters. The van der Waals surface area contributed by atoms with Gasteiger partial charge in [-0.2, -0.15) is 13.2 Å². The van der Waals surface area contributed by atoms with Crippen LogP contribution in [0.15, 0.2) is 24.5 Å². The lowest BCUT2D eigenvalue weighted by atomic mass is 9.56. The molecule has 31 heavy (non-hydrogen) atoms. The molecule has 2 amide bonds. The summed E-state index contributed by atoms with van der Waals surface area (Å²) < 4.78 is 53.8. The van der Waals surface area contributed by atoms with E-state index in [0.717, 1.165) is 25.3 Å². The Hall–Kier alpha value is -2.72. The summed E-state index contributed by atoms with van der Waals surface area (Å²) in [6, 6.07) is 2.88. The summed E-state index contributed by atoms with van der Waals surface area (Å²) in [6.45, 7) is 2.62. The van der Waals surface area contributed by atoms with Crippen molar-refractivity contribution < 1.29 is 22.4 Å². The van der Waals surface area contributed by atoms with Gasteiger partial charge in [0.15, 0.2) is 0 Å². The van der Waals surface area contributed by atoms with Gasteiger partial charge in [0.2, 0.25) is 0 Å². The maximum absolute atomic E-state index is 14.1. The Morgan fingerprint density at radius 3 is 2.61 bits per heavy atom. The Morgan fingerprint density at radius 2 is 1.97 bits per heavy atom. The summed E-state index contributed by atoms with van der Waals surface area (Å²) in [7, 11) is 0. The van der Waals surface area contributed by atoms with E-state index in [4.69, 9.17) is 0 Å². The topological polar surface area (TPSA) is 67.2 Å². The molecule has 0 bridgehead atoms. The highest BCUT2D eigenvalue weighted by molar-refractivity contribution is 5.76. The van der Waals surface area contributed by atoms with Crippen LogP contribution in [0.4, 0.5) is 22.4 Å². The number of halogens is 4. The van der Waals surface area contributed by atoms with Crippen LogP contribution >= 0.6 is 0 Å². The molecule has 5 rings (SSSR count). The first-order valence-electron chi connectivity index (χ1n) is 10.3. The zero-order valence-electron chi connectivity index (χ0n) is 16.7. The number of likely N-dealkylation sites (tertiary alicyclic amines) is 2. The van der Waals surface area contributed by atoms with Crippen LogP contribution in [0, 0.1) is 17.2 Å². The van der Waals surface area contributed by atoms with E-state index in [0.29, 0.717) is 44.2 Å². The predicted molar refractivity (Wildman–Crippen MR) is 100 cm³/mol. The van der Waals surface area contributed by atoms with E-state index >= 15 is 0 Å². The molecule has 2 aromatic rings. The third-order valence-electron chi connectivity index (χ3n) is 6.83. The lowest BCUT2D eigenvalue weighted by Crippen LogP contribution is -2.65. The minimum atomic E-state index is -4.54. The van der Waals surface area contributed by atoms with Crippen molar-refractivity contribution in [3.05, 3.63) is 41.5 Å². The highest BCUT2D eigenvalue weighted by atomic mass is 19.4. The number of urea groups is 1. The normalized spacial score (nSPS) is 23.2. The summed E-state index contributed by atoms with van der Waals surface area (Å²) in [5.74, 6) is -0.563. The van der Waals surface area contributed by atoms with E-state index in [1.54, 1.807) is 11.0 Å². The van der Waals surface area contributed by atoms with Crippen LogP contribution in [0.25, 0.3) is 0 Å². The number of alkyl halides is 3. The predicted octanol–water partition coefficient (Wildman–Crippen LogP) is 3.15. The van der Waals surface area contributed by atoms with Gasteiger partial charge >= 0.3 is 12.2 Å². The largest absolute Gasteiger partial charge is 0.416 e. The van der Waals surface area contributed by atoms with Crippen LogP contribution in [-0.4, -0.2) is 62.2 Å². The summed E-state index contributed by atoms with van der Waals surface area (Å²) in [6.07, 6.45) is -0.000446. The first kappa shape index (κ1) is 20.2. The second-order valence-corrected chi connectivity index (χ2v) is 9.10. The average Bonchev–Trinajstić information content (AvgIpc) is 3.33. The fourth-order valence-corrected chi connectivity index (χ4v) is 5.33. The number of benzene rings is 1. The Labute approximate surface area is 176 Å². The Kier molecular flexibility index (Phi) is 4.67. The van der Waals surface area contributed by atoms with Crippen LogP contribution in [0.3, 0.4) is 0 Å². The standard InChI is InChI=1S/C20H22F4N6O/c21-17-6-15(20(22,23)24)2-1-14(17)5-13-7-19(8-13)10-29(11-19)18(31)28-4-3-16(9-28)30-12-25-26-27-30/h1-2,6,12-13,16H,3-5,7-11H2. The molecule has 0 N–H and O–H groups in total. The molecular weight excluding hydrogens is 416 g/mol. The van der Waals surface area contributed by atoms with Gasteiger partial charge in [-0.05, 0) is 59.7 Å². The molecule has 1 aromatic carbocycles. The third-order valence-corrected chi connectivity index (χ3v) is 6.83. The molecule has 2 aliphatic heterocycles. The zero-order valence-corrected chi connectivity index (χ0v) is 16.7. The van der Waals surface area contributed by atoms with Gasteiger partial charge in [0.05, 0.1) is 11.6 Å². The maximum atomic E-state index is 14.1. The van der Waals surface area contributed by atoms with Crippen molar-refractivity contribution in [2.24, 2.45) is 11.3 Å². The number of tetrazole rings is 1. The molecule has 1 atom stereocenters. The first-order valence-corrected chi connectivity index (χ1v) is 10.3. The molecular formula is C20H22F4N6O. The van der Waals surface area contributed by atoms with Gasteiger partial charge in [0.25, 0.3) is 0 Å². The van der Waals surface area contributed by atoms with Crippen molar-refractivity contribution >= 4 is 6.03 Å². The molecule has 3 fully saturated rings. The molecule has 3 aliphatic rings. The van der Waals surface area contributed by atoms with Crippen LogP contribution in [0.5, 0.6) is 0 Å². The zero-order chi connectivity index (χ0) is 21.8. The average molecular weight is 438 g/mol. The number of aromatic nitrogens is 4. The van der Waals surface area contributed by atoms with Gasteiger partial charge in [-0.25, -0.2) is 13.9 Å². The highest BCUT2D eigenvalue weighted by Gasteiger charge is 2.54. The van der Waals surface area contributed by atoms with Crippen LogP contribution in [-0.2, 0) is 12.6 Å². The fourth-order valence-electron chi connectivity index (χ4n) is 5.33. The molecule has 1 spiro atoms. The second-order valence-electron chi connectivity index (χ2n) is 9.10. The lowest BCUT2D eigenvalue weighted by molar-refractivity contribution is -0.137. The lowest BCUT2D eigenvalue weighted by Gasteiger charge is -2.59. The minimum Gasteiger partial charge on any atom is -0.323 e. The summed E-state index contributed by atoms with van der Waals surface area (Å²) in [5.41, 5.74) is -0.556. The van der Waals surface area contributed by atoms with E-state index in [9.17, 15) is 22.4 Å². The van der Waals surface area contributed by atoms with Crippen LogP contribution in [0.1, 0.15) is 36.4 Å². The minimum absolute atomic E-state index is 0.0263. The third kappa shape index (κ3) is 3.74. The number of carbonyl (C=O) groups excluding carboxylic acids is 1. The smallest absolute Gasteiger partial charge is 0.323 e. The summed E-state index contributed by atoms with van der Waals surface area (Å²) in [4.78, 5) is 16.4. The Morgan fingerprint density at radius 1 is 1.19 bits per heavy atom. The summed E-state index contributed by atoms with van der Waals surface area (Å²) >= 11 is 0. The number of amides is 2. The fraction of sp³-hybridized carbons (Fsp3) is 0.600. The number of hydrogen-bond donors (Lipinski definition) is 0. The van der Waals surface area contributed by atoms with Crippen molar-refractivity contribution in [3.63, 3.8) is 0 Å². The molecule has 166 valence electrons.